The predicted octanol–water partition coefficient (Wildman–Crippen LogP) is 4.26. The first-order valence-electron chi connectivity index (χ1n) is 9.54. The van der Waals surface area contributed by atoms with E-state index < -0.39 is 0 Å². The third-order valence-corrected chi connectivity index (χ3v) is 4.94. The highest BCUT2D eigenvalue weighted by atomic mass is 16.2. The number of piperidine rings is 1. The first kappa shape index (κ1) is 19.0. The number of para-hydroxylation sites is 1. The van der Waals surface area contributed by atoms with E-state index in [0.29, 0.717) is 5.69 Å². The molecular formula is C22H27N3O2. The fourth-order valence-corrected chi connectivity index (χ4v) is 3.45. The summed E-state index contributed by atoms with van der Waals surface area (Å²) in [7, 11) is 0. The SMILES string of the molecule is Cc1cccc(C)c1NC(=O)CC(=O)Nc1ccc(N2CCCCC2)cc1. The summed E-state index contributed by atoms with van der Waals surface area (Å²) in [5.74, 6) is -0.626. The van der Waals surface area contributed by atoms with Crippen molar-refractivity contribution < 1.29 is 9.59 Å². The van der Waals surface area contributed by atoms with E-state index in [9.17, 15) is 9.59 Å². The number of carbonyl (C=O) groups excluding carboxylic acids is 2. The second-order valence-electron chi connectivity index (χ2n) is 7.13. The Morgan fingerprint density at radius 3 is 2.07 bits per heavy atom. The van der Waals surface area contributed by atoms with Crippen LogP contribution in [0.1, 0.15) is 36.8 Å². The smallest absolute Gasteiger partial charge is 0.233 e. The van der Waals surface area contributed by atoms with Crippen LogP contribution < -0.4 is 15.5 Å². The number of anilines is 3. The number of carbonyl (C=O) groups is 2. The van der Waals surface area contributed by atoms with Gasteiger partial charge in [0.1, 0.15) is 6.42 Å². The summed E-state index contributed by atoms with van der Waals surface area (Å²) in [6.07, 6.45) is 3.55. The van der Waals surface area contributed by atoms with Gasteiger partial charge < -0.3 is 15.5 Å². The van der Waals surface area contributed by atoms with Gasteiger partial charge in [-0.2, -0.15) is 0 Å². The van der Waals surface area contributed by atoms with Crippen LogP contribution in [0.2, 0.25) is 0 Å². The van der Waals surface area contributed by atoms with Gasteiger partial charge in [-0.05, 0) is 68.5 Å². The highest BCUT2D eigenvalue weighted by Crippen LogP contribution is 2.22. The van der Waals surface area contributed by atoms with Crippen LogP contribution >= 0.6 is 0 Å². The Hall–Kier alpha value is -2.82. The van der Waals surface area contributed by atoms with Crippen molar-refractivity contribution in [2.45, 2.75) is 39.5 Å². The van der Waals surface area contributed by atoms with Crippen LogP contribution in [0, 0.1) is 13.8 Å². The Morgan fingerprint density at radius 2 is 1.44 bits per heavy atom. The van der Waals surface area contributed by atoms with Gasteiger partial charge in [-0.3, -0.25) is 9.59 Å². The second kappa shape index (κ2) is 8.71. The number of amides is 2. The summed E-state index contributed by atoms with van der Waals surface area (Å²) >= 11 is 0. The number of rotatable bonds is 5. The van der Waals surface area contributed by atoms with Gasteiger partial charge in [-0.15, -0.1) is 0 Å². The minimum absolute atomic E-state index is 0.207. The van der Waals surface area contributed by atoms with Crippen LogP contribution in [0.15, 0.2) is 42.5 Å². The van der Waals surface area contributed by atoms with E-state index in [0.717, 1.165) is 29.9 Å². The van der Waals surface area contributed by atoms with Gasteiger partial charge in [0, 0.05) is 30.2 Å². The Labute approximate surface area is 160 Å². The van der Waals surface area contributed by atoms with E-state index in [1.807, 2.05) is 56.3 Å². The van der Waals surface area contributed by atoms with Crippen LogP contribution in [0.3, 0.4) is 0 Å². The molecule has 0 aliphatic carbocycles. The van der Waals surface area contributed by atoms with Crippen molar-refractivity contribution >= 4 is 28.9 Å². The summed E-state index contributed by atoms with van der Waals surface area (Å²) < 4.78 is 0. The maximum absolute atomic E-state index is 12.2. The summed E-state index contributed by atoms with van der Waals surface area (Å²) in [6.45, 7) is 6.05. The molecule has 5 nitrogen and oxygen atoms in total. The molecule has 5 heteroatoms. The molecule has 1 heterocycles. The minimum atomic E-state index is -0.315. The van der Waals surface area contributed by atoms with E-state index >= 15 is 0 Å². The molecular weight excluding hydrogens is 338 g/mol. The van der Waals surface area contributed by atoms with Crippen molar-refractivity contribution in [2.24, 2.45) is 0 Å². The Bertz CT molecular complexity index is 789. The first-order valence-corrected chi connectivity index (χ1v) is 9.54. The van der Waals surface area contributed by atoms with Gasteiger partial charge in [-0.1, -0.05) is 18.2 Å². The van der Waals surface area contributed by atoms with Crippen molar-refractivity contribution in [3.63, 3.8) is 0 Å². The maximum Gasteiger partial charge on any atom is 0.233 e. The standard InChI is InChI=1S/C22H27N3O2/c1-16-7-6-8-17(2)22(16)24-21(27)15-20(26)23-18-9-11-19(12-10-18)25-13-4-3-5-14-25/h6-12H,3-5,13-15H2,1-2H3,(H,23,26)(H,24,27). The molecule has 0 bridgehead atoms. The van der Waals surface area contributed by atoms with Gasteiger partial charge in [0.15, 0.2) is 0 Å². The van der Waals surface area contributed by atoms with E-state index in [2.05, 4.69) is 15.5 Å². The summed E-state index contributed by atoms with van der Waals surface area (Å²) in [5, 5.41) is 5.64. The van der Waals surface area contributed by atoms with Crippen molar-refractivity contribution in [2.75, 3.05) is 28.6 Å². The van der Waals surface area contributed by atoms with Crippen LogP contribution in [-0.4, -0.2) is 24.9 Å². The average Bonchev–Trinajstić information content (AvgIpc) is 2.66. The third kappa shape index (κ3) is 5.09. The van der Waals surface area contributed by atoms with Crippen LogP contribution in [-0.2, 0) is 9.59 Å². The van der Waals surface area contributed by atoms with E-state index in [1.165, 1.54) is 24.9 Å². The monoisotopic (exact) mass is 365 g/mol. The molecule has 2 amide bonds. The molecule has 2 N–H and O–H groups in total. The molecule has 27 heavy (non-hydrogen) atoms. The van der Waals surface area contributed by atoms with Gasteiger partial charge >= 0.3 is 0 Å². The molecule has 1 saturated heterocycles. The molecule has 1 fully saturated rings. The fraction of sp³-hybridized carbons (Fsp3) is 0.364. The highest BCUT2D eigenvalue weighted by Gasteiger charge is 2.13. The quantitative estimate of drug-likeness (QED) is 0.778. The molecule has 1 aliphatic heterocycles. The zero-order chi connectivity index (χ0) is 19.2. The normalized spacial score (nSPS) is 13.9. The summed E-state index contributed by atoms with van der Waals surface area (Å²) in [4.78, 5) is 26.8. The van der Waals surface area contributed by atoms with Gasteiger partial charge in [0.05, 0.1) is 0 Å². The lowest BCUT2D eigenvalue weighted by Crippen LogP contribution is -2.29. The fourth-order valence-electron chi connectivity index (χ4n) is 3.45. The number of hydrogen-bond donors (Lipinski definition) is 2. The molecule has 0 aromatic heterocycles. The number of nitrogens with one attached hydrogen (secondary N) is 2. The second-order valence-corrected chi connectivity index (χ2v) is 7.13. The lowest BCUT2D eigenvalue weighted by atomic mass is 10.1. The largest absolute Gasteiger partial charge is 0.372 e. The zero-order valence-corrected chi connectivity index (χ0v) is 16.0. The lowest BCUT2D eigenvalue weighted by Gasteiger charge is -2.28. The molecule has 2 aromatic carbocycles. The molecule has 0 atom stereocenters. The van der Waals surface area contributed by atoms with Crippen molar-refractivity contribution in [1.82, 2.24) is 0 Å². The number of aryl methyl sites for hydroxylation is 2. The van der Waals surface area contributed by atoms with Crippen LogP contribution in [0.5, 0.6) is 0 Å². The van der Waals surface area contributed by atoms with Crippen molar-refractivity contribution in [3.05, 3.63) is 53.6 Å². The third-order valence-electron chi connectivity index (χ3n) is 4.94. The zero-order valence-electron chi connectivity index (χ0n) is 16.0. The maximum atomic E-state index is 12.2. The van der Waals surface area contributed by atoms with E-state index in [-0.39, 0.29) is 18.2 Å². The number of hydrogen-bond acceptors (Lipinski definition) is 3. The topological polar surface area (TPSA) is 61.4 Å². The number of benzene rings is 2. The highest BCUT2D eigenvalue weighted by molar-refractivity contribution is 6.08. The first-order chi connectivity index (χ1) is 13.0. The molecule has 3 rings (SSSR count). The molecule has 0 spiro atoms. The van der Waals surface area contributed by atoms with Gasteiger partial charge in [-0.25, -0.2) is 0 Å². The van der Waals surface area contributed by atoms with Crippen molar-refractivity contribution in [3.8, 4) is 0 Å². The van der Waals surface area contributed by atoms with Crippen molar-refractivity contribution in [1.29, 1.82) is 0 Å². The van der Waals surface area contributed by atoms with Crippen LogP contribution in [0.4, 0.5) is 17.1 Å². The molecule has 0 unspecified atom stereocenters. The Morgan fingerprint density at radius 1 is 0.852 bits per heavy atom. The van der Waals surface area contributed by atoms with E-state index in [1.54, 1.807) is 0 Å². The molecule has 2 aromatic rings. The lowest BCUT2D eigenvalue weighted by molar-refractivity contribution is -0.123. The molecule has 0 saturated carbocycles. The molecule has 1 aliphatic rings. The van der Waals surface area contributed by atoms with Gasteiger partial charge in [0.25, 0.3) is 0 Å². The van der Waals surface area contributed by atoms with Gasteiger partial charge in [0.2, 0.25) is 11.8 Å². The molecule has 0 radical (unpaired) electrons. The Balaban J connectivity index is 1.53. The minimum Gasteiger partial charge on any atom is -0.372 e. The average molecular weight is 365 g/mol. The molecule has 142 valence electrons. The number of nitrogens with zero attached hydrogens (tertiary/aromatic N) is 1. The Kier molecular flexibility index (Phi) is 6.12. The van der Waals surface area contributed by atoms with E-state index in [4.69, 9.17) is 0 Å². The summed E-state index contributed by atoms with van der Waals surface area (Å²) in [6, 6.07) is 13.7. The predicted molar refractivity (Wildman–Crippen MR) is 110 cm³/mol. The summed E-state index contributed by atoms with van der Waals surface area (Å²) in [5.41, 5.74) is 4.64. The van der Waals surface area contributed by atoms with Crippen LogP contribution in [0.25, 0.3) is 0 Å².